The molecule has 7 nitrogen and oxygen atoms in total. The first-order valence-electron chi connectivity index (χ1n) is 7.08. The third-order valence-electron chi connectivity index (χ3n) is 3.91. The molecule has 0 spiro atoms. The first kappa shape index (κ1) is 17.0. The van der Waals surface area contributed by atoms with Crippen LogP contribution in [0, 0.1) is 6.92 Å². The van der Waals surface area contributed by atoms with Gasteiger partial charge in [0.2, 0.25) is 5.76 Å². The Morgan fingerprint density at radius 1 is 1.55 bits per heavy atom. The van der Waals surface area contributed by atoms with E-state index in [1.54, 1.807) is 14.0 Å². The Balaban J connectivity index is 2.14. The van der Waals surface area contributed by atoms with E-state index in [0.717, 1.165) is 5.56 Å². The highest BCUT2D eigenvalue weighted by Crippen LogP contribution is 2.22. The number of carboxylic acid groups (broad SMARTS) is 1. The topological polar surface area (TPSA) is 97.0 Å². The number of aryl methyl sites for hydroxylation is 1. The average molecular weight is 331 g/mol. The molecule has 1 fully saturated rings. The molecule has 1 aromatic rings. The minimum Gasteiger partial charge on any atom is -0.475 e. The second-order valence-electron chi connectivity index (χ2n) is 5.52. The molecule has 1 N–H and O–H groups in total. The lowest BCUT2D eigenvalue weighted by molar-refractivity contribution is 0.0661. The van der Waals surface area contributed by atoms with Gasteiger partial charge in [0.1, 0.15) is 5.76 Å². The number of carboxylic acids is 1. The zero-order valence-corrected chi connectivity index (χ0v) is 13.6. The smallest absolute Gasteiger partial charge is 0.371 e. The van der Waals surface area contributed by atoms with Crippen molar-refractivity contribution in [3.8, 4) is 0 Å². The Bertz CT molecular complexity index is 636. The Morgan fingerprint density at radius 2 is 2.27 bits per heavy atom. The van der Waals surface area contributed by atoms with Gasteiger partial charge in [-0.15, -0.1) is 0 Å². The number of methoxy groups -OCH3 is 1. The van der Waals surface area contributed by atoms with Crippen molar-refractivity contribution < 1.29 is 27.5 Å². The second kappa shape index (κ2) is 6.80. The highest BCUT2D eigenvalue weighted by atomic mass is 32.2. The van der Waals surface area contributed by atoms with Gasteiger partial charge in [-0.1, -0.05) is 0 Å². The summed E-state index contributed by atoms with van der Waals surface area (Å²) in [6.45, 7) is 3.23. The predicted molar refractivity (Wildman–Crippen MR) is 79.7 cm³/mol. The summed E-state index contributed by atoms with van der Waals surface area (Å²) in [6, 6.07) is 1.43. The van der Waals surface area contributed by atoms with E-state index in [0.29, 0.717) is 31.9 Å². The maximum absolute atomic E-state index is 11.7. The second-order valence-corrected chi connectivity index (χ2v) is 7.75. The van der Waals surface area contributed by atoms with Crippen molar-refractivity contribution in [1.82, 2.24) is 4.90 Å². The summed E-state index contributed by atoms with van der Waals surface area (Å²) in [5, 5.41) is 8.97. The molecule has 1 saturated heterocycles. The third-order valence-corrected chi connectivity index (χ3v) is 5.66. The molecule has 124 valence electrons. The van der Waals surface area contributed by atoms with Gasteiger partial charge in [0.15, 0.2) is 9.84 Å². The molecule has 1 aromatic heterocycles. The Morgan fingerprint density at radius 3 is 2.77 bits per heavy atom. The number of ether oxygens (including phenoxy) is 1. The van der Waals surface area contributed by atoms with E-state index in [1.165, 1.54) is 6.07 Å². The van der Waals surface area contributed by atoms with Crippen LogP contribution in [-0.2, 0) is 21.1 Å². The summed E-state index contributed by atoms with van der Waals surface area (Å²) in [5.74, 6) is -0.328. The minimum atomic E-state index is -2.98. The van der Waals surface area contributed by atoms with E-state index < -0.39 is 15.8 Å². The Hall–Kier alpha value is -1.38. The number of furan rings is 1. The van der Waals surface area contributed by atoms with E-state index in [2.05, 4.69) is 0 Å². The van der Waals surface area contributed by atoms with Crippen molar-refractivity contribution in [3.05, 3.63) is 23.2 Å². The highest BCUT2D eigenvalue weighted by molar-refractivity contribution is 7.91. The third kappa shape index (κ3) is 4.08. The van der Waals surface area contributed by atoms with Gasteiger partial charge in [-0.05, 0) is 19.4 Å². The largest absolute Gasteiger partial charge is 0.475 e. The molecule has 2 rings (SSSR count). The van der Waals surface area contributed by atoms with Gasteiger partial charge in [0.05, 0.1) is 18.1 Å². The molecule has 0 radical (unpaired) electrons. The van der Waals surface area contributed by atoms with E-state index in [-0.39, 0.29) is 23.3 Å². The van der Waals surface area contributed by atoms with Gasteiger partial charge in [-0.25, -0.2) is 13.2 Å². The van der Waals surface area contributed by atoms with Gasteiger partial charge >= 0.3 is 5.97 Å². The van der Waals surface area contributed by atoms with E-state index in [1.807, 2.05) is 4.90 Å². The molecular formula is C14H21NO6S. The summed E-state index contributed by atoms with van der Waals surface area (Å²) in [7, 11) is -1.38. The molecule has 8 heteroatoms. The Labute approximate surface area is 129 Å². The molecule has 1 unspecified atom stereocenters. The van der Waals surface area contributed by atoms with Crippen LogP contribution in [0.2, 0.25) is 0 Å². The van der Waals surface area contributed by atoms with Crippen molar-refractivity contribution in [2.24, 2.45) is 0 Å². The van der Waals surface area contributed by atoms with Gasteiger partial charge in [-0.3, -0.25) is 4.90 Å². The summed E-state index contributed by atoms with van der Waals surface area (Å²) >= 11 is 0. The summed E-state index contributed by atoms with van der Waals surface area (Å²) in [4.78, 5) is 13.0. The standard InChI is InChI=1S/C14H21NO6S/c1-10-11(7-13(21-10)14(16)17)8-15(4-5-20-2)12-3-6-22(18,19)9-12/h7,12H,3-6,8-9H2,1-2H3,(H,16,17). The number of sulfone groups is 1. The molecule has 1 aliphatic rings. The summed E-state index contributed by atoms with van der Waals surface area (Å²) < 4.78 is 33.7. The van der Waals surface area contributed by atoms with Crippen LogP contribution in [0.15, 0.2) is 10.5 Å². The fourth-order valence-corrected chi connectivity index (χ4v) is 4.43. The zero-order chi connectivity index (χ0) is 16.3. The van der Waals surface area contributed by atoms with Gasteiger partial charge in [0, 0.05) is 31.8 Å². The molecule has 0 aliphatic carbocycles. The molecule has 0 bridgehead atoms. The molecule has 0 saturated carbocycles. The van der Waals surface area contributed by atoms with Crippen LogP contribution in [0.5, 0.6) is 0 Å². The monoisotopic (exact) mass is 331 g/mol. The molecule has 22 heavy (non-hydrogen) atoms. The van der Waals surface area contributed by atoms with Crippen LogP contribution in [0.25, 0.3) is 0 Å². The zero-order valence-electron chi connectivity index (χ0n) is 12.7. The maximum atomic E-state index is 11.7. The van der Waals surface area contributed by atoms with E-state index >= 15 is 0 Å². The van der Waals surface area contributed by atoms with Crippen molar-refractivity contribution in [2.75, 3.05) is 31.8 Å². The first-order valence-corrected chi connectivity index (χ1v) is 8.90. The maximum Gasteiger partial charge on any atom is 0.371 e. The number of aromatic carboxylic acids is 1. The molecule has 2 heterocycles. The quantitative estimate of drug-likeness (QED) is 0.793. The number of rotatable bonds is 7. The lowest BCUT2D eigenvalue weighted by atomic mass is 10.1. The van der Waals surface area contributed by atoms with Crippen LogP contribution in [0.3, 0.4) is 0 Å². The fraction of sp³-hybridized carbons (Fsp3) is 0.643. The van der Waals surface area contributed by atoms with Crippen LogP contribution in [-0.4, -0.2) is 62.2 Å². The number of carbonyl (C=O) groups is 1. The predicted octanol–water partition coefficient (Wildman–Crippen LogP) is 0.922. The van der Waals surface area contributed by atoms with Crippen LogP contribution < -0.4 is 0 Å². The highest BCUT2D eigenvalue weighted by Gasteiger charge is 2.32. The van der Waals surface area contributed by atoms with Gasteiger partial charge < -0.3 is 14.3 Å². The Kier molecular flexibility index (Phi) is 5.25. The van der Waals surface area contributed by atoms with Crippen molar-refractivity contribution in [3.63, 3.8) is 0 Å². The van der Waals surface area contributed by atoms with Crippen LogP contribution >= 0.6 is 0 Å². The lowest BCUT2D eigenvalue weighted by Gasteiger charge is -2.27. The van der Waals surface area contributed by atoms with Crippen molar-refractivity contribution in [1.29, 1.82) is 0 Å². The van der Waals surface area contributed by atoms with E-state index in [9.17, 15) is 13.2 Å². The summed E-state index contributed by atoms with van der Waals surface area (Å²) in [5.41, 5.74) is 0.762. The SMILES string of the molecule is COCCN(Cc1cc(C(=O)O)oc1C)C1CCS(=O)(=O)C1. The molecule has 0 amide bonds. The van der Waals surface area contributed by atoms with Crippen LogP contribution in [0.4, 0.5) is 0 Å². The molecule has 1 atom stereocenters. The van der Waals surface area contributed by atoms with E-state index in [4.69, 9.17) is 14.3 Å². The number of nitrogens with zero attached hydrogens (tertiary/aromatic N) is 1. The normalized spacial score (nSPS) is 20.6. The fourth-order valence-electron chi connectivity index (χ4n) is 2.66. The van der Waals surface area contributed by atoms with Gasteiger partial charge in [0.25, 0.3) is 0 Å². The molecule has 0 aromatic carbocycles. The van der Waals surface area contributed by atoms with Crippen molar-refractivity contribution in [2.45, 2.75) is 25.9 Å². The van der Waals surface area contributed by atoms with Crippen molar-refractivity contribution >= 4 is 15.8 Å². The average Bonchev–Trinajstić information content (AvgIpc) is 2.98. The molecule has 1 aliphatic heterocycles. The number of hydrogen-bond acceptors (Lipinski definition) is 6. The van der Waals surface area contributed by atoms with Gasteiger partial charge in [-0.2, -0.15) is 0 Å². The summed E-state index contributed by atoms with van der Waals surface area (Å²) in [6.07, 6.45) is 0.592. The van der Waals surface area contributed by atoms with Crippen LogP contribution in [0.1, 0.15) is 28.3 Å². The number of hydrogen-bond donors (Lipinski definition) is 1. The molecular weight excluding hydrogens is 310 g/mol. The first-order chi connectivity index (χ1) is 10.3. The minimum absolute atomic E-state index is 0.0669. The lowest BCUT2D eigenvalue weighted by Crippen LogP contribution is -2.38.